The number of benzene rings is 1. The lowest BCUT2D eigenvalue weighted by Gasteiger charge is -2.19. The molecule has 1 heterocycles. The van der Waals surface area contributed by atoms with Crippen molar-refractivity contribution in [3.63, 3.8) is 0 Å². The van der Waals surface area contributed by atoms with Crippen molar-refractivity contribution >= 4 is 31.3 Å². The molecular weight excluding hydrogens is 369 g/mol. The van der Waals surface area contributed by atoms with E-state index in [1.165, 1.54) is 30.5 Å². The number of nitrogens with one attached hydrogen (secondary N) is 1. The van der Waals surface area contributed by atoms with Gasteiger partial charge in [-0.1, -0.05) is 18.2 Å². The minimum Gasteiger partial charge on any atom is -0.478 e. The number of amides is 1. The highest BCUT2D eigenvalue weighted by Crippen LogP contribution is 2.25. The molecule has 0 aliphatic carbocycles. The van der Waals surface area contributed by atoms with Crippen LogP contribution in [-0.2, 0) is 22.4 Å². The summed E-state index contributed by atoms with van der Waals surface area (Å²) in [5.74, 6) is -2.94. The summed E-state index contributed by atoms with van der Waals surface area (Å²) in [5, 5.41) is 30.9. The highest BCUT2D eigenvalue weighted by molar-refractivity contribution is 6.43. The van der Waals surface area contributed by atoms with E-state index in [4.69, 9.17) is 10.5 Å². The second-order valence-corrected chi connectivity index (χ2v) is 5.87. The summed E-state index contributed by atoms with van der Waals surface area (Å²) in [6.07, 6.45) is 1.16. The Morgan fingerprint density at radius 1 is 1.29 bits per heavy atom. The van der Waals surface area contributed by atoms with Crippen LogP contribution in [0.15, 0.2) is 36.5 Å². The molecule has 1 aromatic carbocycles. The van der Waals surface area contributed by atoms with E-state index in [2.05, 4.69) is 10.3 Å². The number of hydrogen-bond acceptors (Lipinski definition) is 8. The molecule has 1 aromatic heterocycles. The average Bonchev–Trinajstić information content (AvgIpc) is 2.64. The number of carboxylic acids is 1. The largest absolute Gasteiger partial charge is 0.478 e. The summed E-state index contributed by atoms with van der Waals surface area (Å²) in [5.41, 5.74) is 5.98. The third kappa shape index (κ3) is 5.53. The Kier molecular flexibility index (Phi) is 7.07. The Hall–Kier alpha value is -3.44. The Labute approximate surface area is 160 Å². The SMILES string of the molecule is Nc1ccc(CC(=O)N[C@@H](Cc2cccc(C(=O)O)c2OC=O)B(O)O)cn1. The number of pyridine rings is 1. The zero-order chi connectivity index (χ0) is 20.7. The first-order valence-electron chi connectivity index (χ1n) is 8.13. The van der Waals surface area contributed by atoms with E-state index in [9.17, 15) is 29.5 Å². The molecule has 6 N–H and O–H groups in total. The first-order valence-corrected chi connectivity index (χ1v) is 8.13. The number of anilines is 1. The number of ether oxygens (including phenoxy) is 1. The van der Waals surface area contributed by atoms with Crippen LogP contribution >= 0.6 is 0 Å². The second kappa shape index (κ2) is 9.49. The Morgan fingerprint density at radius 3 is 2.61 bits per heavy atom. The number of para-hydroxylation sites is 1. The van der Waals surface area contributed by atoms with Gasteiger partial charge in [0.05, 0.1) is 12.4 Å². The molecule has 2 rings (SSSR count). The van der Waals surface area contributed by atoms with Crippen molar-refractivity contribution in [2.24, 2.45) is 0 Å². The molecule has 0 unspecified atom stereocenters. The summed E-state index contributed by atoms with van der Waals surface area (Å²) in [6, 6.07) is 7.25. The maximum absolute atomic E-state index is 12.2. The molecule has 0 radical (unpaired) electrons. The van der Waals surface area contributed by atoms with Gasteiger partial charge in [-0.25, -0.2) is 9.78 Å². The number of carbonyl (C=O) groups is 3. The van der Waals surface area contributed by atoms with Gasteiger partial charge < -0.3 is 30.9 Å². The lowest BCUT2D eigenvalue weighted by Crippen LogP contribution is -2.48. The fourth-order valence-electron chi connectivity index (χ4n) is 2.55. The number of aromatic carboxylic acids is 1. The first kappa shape index (κ1) is 20.9. The van der Waals surface area contributed by atoms with Gasteiger partial charge in [0.1, 0.15) is 17.1 Å². The smallest absolute Gasteiger partial charge is 0.475 e. The number of aromatic nitrogens is 1. The van der Waals surface area contributed by atoms with Crippen LogP contribution in [0, 0.1) is 0 Å². The van der Waals surface area contributed by atoms with Crippen molar-refractivity contribution in [3.05, 3.63) is 53.2 Å². The first-order chi connectivity index (χ1) is 13.3. The average molecular weight is 387 g/mol. The molecule has 0 bridgehead atoms. The van der Waals surface area contributed by atoms with Crippen molar-refractivity contribution in [2.45, 2.75) is 18.8 Å². The van der Waals surface area contributed by atoms with Crippen molar-refractivity contribution in [2.75, 3.05) is 5.73 Å². The van der Waals surface area contributed by atoms with E-state index in [1.807, 2.05) is 0 Å². The number of carbonyl (C=O) groups excluding carboxylic acids is 2. The zero-order valence-corrected chi connectivity index (χ0v) is 14.6. The van der Waals surface area contributed by atoms with Crippen LogP contribution in [0.5, 0.6) is 5.75 Å². The molecule has 0 aliphatic rings. The monoisotopic (exact) mass is 387 g/mol. The van der Waals surface area contributed by atoms with Gasteiger partial charge >= 0.3 is 13.1 Å². The Balaban J connectivity index is 2.17. The van der Waals surface area contributed by atoms with Crippen LogP contribution in [0.1, 0.15) is 21.5 Å². The van der Waals surface area contributed by atoms with E-state index >= 15 is 0 Å². The van der Waals surface area contributed by atoms with Gasteiger partial charge in [-0.05, 0) is 29.7 Å². The zero-order valence-electron chi connectivity index (χ0n) is 14.6. The summed E-state index contributed by atoms with van der Waals surface area (Å²) >= 11 is 0. The lowest BCUT2D eigenvalue weighted by atomic mass is 9.75. The normalized spacial score (nSPS) is 11.4. The number of carboxylic acid groups (broad SMARTS) is 1. The fraction of sp³-hybridized carbons (Fsp3) is 0.176. The molecule has 11 heteroatoms. The molecule has 0 saturated heterocycles. The van der Waals surface area contributed by atoms with Crippen LogP contribution in [0.2, 0.25) is 0 Å². The molecular formula is C17H18BN3O7. The van der Waals surface area contributed by atoms with Crippen LogP contribution in [-0.4, -0.2) is 51.5 Å². The summed E-state index contributed by atoms with van der Waals surface area (Å²) in [4.78, 5) is 38.1. The molecule has 0 fully saturated rings. The summed E-state index contributed by atoms with van der Waals surface area (Å²) in [7, 11) is -1.94. The molecule has 28 heavy (non-hydrogen) atoms. The predicted octanol–water partition coefficient (Wildman–Crippen LogP) is -0.821. The van der Waals surface area contributed by atoms with E-state index in [0.29, 0.717) is 11.4 Å². The number of hydrogen-bond donors (Lipinski definition) is 5. The maximum Gasteiger partial charge on any atom is 0.475 e. The molecule has 146 valence electrons. The molecule has 2 aromatic rings. The van der Waals surface area contributed by atoms with Crippen LogP contribution < -0.4 is 15.8 Å². The van der Waals surface area contributed by atoms with E-state index in [1.54, 1.807) is 6.07 Å². The van der Waals surface area contributed by atoms with Crippen LogP contribution in [0.3, 0.4) is 0 Å². The molecule has 0 spiro atoms. The second-order valence-electron chi connectivity index (χ2n) is 5.87. The predicted molar refractivity (Wildman–Crippen MR) is 98.3 cm³/mol. The minimum absolute atomic E-state index is 0.0718. The third-order valence-corrected chi connectivity index (χ3v) is 3.85. The molecule has 10 nitrogen and oxygen atoms in total. The highest BCUT2D eigenvalue weighted by atomic mass is 16.5. The number of nitrogens with zero attached hydrogens (tertiary/aromatic N) is 1. The van der Waals surface area contributed by atoms with Crippen molar-refractivity contribution in [3.8, 4) is 5.75 Å². The van der Waals surface area contributed by atoms with Crippen LogP contribution in [0.4, 0.5) is 5.82 Å². The Bertz CT molecular complexity index is 858. The molecule has 1 amide bonds. The summed E-state index contributed by atoms with van der Waals surface area (Å²) in [6.45, 7) is 0.0718. The molecule has 1 atom stereocenters. The Morgan fingerprint density at radius 2 is 2.04 bits per heavy atom. The van der Waals surface area contributed by atoms with Gasteiger partial charge in [-0.3, -0.25) is 9.59 Å². The van der Waals surface area contributed by atoms with Crippen molar-refractivity contribution in [1.82, 2.24) is 10.3 Å². The van der Waals surface area contributed by atoms with Gasteiger partial charge in [0.15, 0.2) is 0 Å². The van der Waals surface area contributed by atoms with Gasteiger partial charge in [-0.15, -0.1) is 0 Å². The van der Waals surface area contributed by atoms with E-state index in [-0.39, 0.29) is 36.2 Å². The molecule has 0 saturated carbocycles. The van der Waals surface area contributed by atoms with Crippen molar-refractivity contribution in [1.29, 1.82) is 0 Å². The quantitative estimate of drug-likeness (QED) is 0.272. The van der Waals surface area contributed by atoms with Gasteiger partial charge in [0.25, 0.3) is 6.47 Å². The summed E-state index contributed by atoms with van der Waals surface area (Å²) < 4.78 is 4.76. The van der Waals surface area contributed by atoms with Crippen LogP contribution in [0.25, 0.3) is 0 Å². The number of rotatable bonds is 9. The number of nitrogen functional groups attached to an aromatic ring is 1. The maximum atomic E-state index is 12.2. The topological polar surface area (TPSA) is 172 Å². The van der Waals surface area contributed by atoms with Gasteiger partial charge in [0.2, 0.25) is 5.91 Å². The number of nitrogens with two attached hydrogens (primary N) is 1. The lowest BCUT2D eigenvalue weighted by molar-refractivity contribution is -0.121. The molecule has 0 aliphatic heterocycles. The highest BCUT2D eigenvalue weighted by Gasteiger charge is 2.28. The minimum atomic E-state index is -1.94. The van der Waals surface area contributed by atoms with Crippen molar-refractivity contribution < 1.29 is 34.3 Å². The fourth-order valence-corrected chi connectivity index (χ4v) is 2.55. The van der Waals surface area contributed by atoms with E-state index < -0.39 is 24.9 Å². The van der Waals surface area contributed by atoms with Gasteiger partial charge in [-0.2, -0.15) is 0 Å². The standard InChI is InChI=1S/C17H18BN3O7/c19-14-5-4-10(8-20-14)6-15(23)21-13(18(26)27)7-11-2-1-3-12(17(24)25)16(11)28-9-22/h1-5,8-9,13,26-27H,6-7H2,(H2,19,20)(H,21,23)(H,24,25)/t13-/m0/s1. The van der Waals surface area contributed by atoms with E-state index in [0.717, 1.165) is 0 Å². The third-order valence-electron chi connectivity index (χ3n) is 3.85. The van der Waals surface area contributed by atoms with Gasteiger partial charge in [0, 0.05) is 6.20 Å².